The maximum Gasteiger partial charge on any atom is 0.291 e. The van der Waals surface area contributed by atoms with E-state index in [0.29, 0.717) is 11.9 Å². The van der Waals surface area contributed by atoms with Crippen LogP contribution < -0.4 is 10.6 Å². The van der Waals surface area contributed by atoms with Gasteiger partial charge in [0.1, 0.15) is 5.82 Å². The van der Waals surface area contributed by atoms with Gasteiger partial charge in [-0.2, -0.15) is 0 Å². The van der Waals surface area contributed by atoms with E-state index < -0.39 is 0 Å². The van der Waals surface area contributed by atoms with Crippen molar-refractivity contribution in [2.75, 3.05) is 57.4 Å². The molecule has 0 spiro atoms. The second-order valence-corrected chi connectivity index (χ2v) is 8.25. The summed E-state index contributed by atoms with van der Waals surface area (Å²) in [6.07, 6.45) is 3.14. The van der Waals surface area contributed by atoms with E-state index in [0.717, 1.165) is 88.8 Å². The Hall–Kier alpha value is -1.77. The van der Waals surface area contributed by atoms with Gasteiger partial charge in [-0.25, -0.2) is 9.97 Å². The molecule has 0 aromatic carbocycles. The SMILES string of the molecule is Cc1nc(C(=O)N2CCN(C3CCOCC3)CC2)nc(N2CC[C@@H](N)C2)c1C. The van der Waals surface area contributed by atoms with Gasteiger partial charge >= 0.3 is 0 Å². The summed E-state index contributed by atoms with van der Waals surface area (Å²) < 4.78 is 5.47. The van der Waals surface area contributed by atoms with Crippen molar-refractivity contribution in [1.82, 2.24) is 19.8 Å². The lowest BCUT2D eigenvalue weighted by Gasteiger charge is -2.40. The molecule has 3 aliphatic rings. The molecule has 3 aliphatic heterocycles. The van der Waals surface area contributed by atoms with Crippen LogP contribution in [-0.4, -0.2) is 90.2 Å². The summed E-state index contributed by atoms with van der Waals surface area (Å²) in [4.78, 5) is 28.9. The van der Waals surface area contributed by atoms with Crippen LogP contribution in [0.4, 0.5) is 5.82 Å². The Morgan fingerprint density at radius 1 is 1.04 bits per heavy atom. The summed E-state index contributed by atoms with van der Waals surface area (Å²) in [6, 6.07) is 0.766. The minimum Gasteiger partial charge on any atom is -0.381 e. The van der Waals surface area contributed by atoms with E-state index in [2.05, 4.69) is 19.8 Å². The van der Waals surface area contributed by atoms with Crippen molar-refractivity contribution in [2.24, 2.45) is 5.73 Å². The highest BCUT2D eigenvalue weighted by atomic mass is 16.5. The standard InChI is InChI=1S/C20H32N6O2/c1-14-15(2)22-18(23-19(14)26-6-3-16(21)13-26)20(27)25-9-7-24(8-10-25)17-4-11-28-12-5-17/h16-17H,3-13,21H2,1-2H3/t16-/m1/s1. The third-order valence-electron chi connectivity index (χ3n) is 6.39. The van der Waals surface area contributed by atoms with Gasteiger partial charge < -0.3 is 20.3 Å². The van der Waals surface area contributed by atoms with Gasteiger partial charge in [0.25, 0.3) is 5.91 Å². The second kappa shape index (κ2) is 8.31. The summed E-state index contributed by atoms with van der Waals surface area (Å²) in [7, 11) is 0. The number of amides is 1. The maximum atomic E-state index is 13.1. The molecule has 0 unspecified atom stereocenters. The number of ether oxygens (including phenoxy) is 1. The molecule has 3 fully saturated rings. The molecular formula is C20H32N6O2. The molecule has 0 radical (unpaired) electrons. The van der Waals surface area contributed by atoms with Crippen LogP contribution in [-0.2, 0) is 4.74 Å². The first kappa shape index (κ1) is 19.5. The van der Waals surface area contributed by atoms with E-state index in [1.165, 1.54) is 0 Å². The van der Waals surface area contributed by atoms with Crippen LogP contribution in [0.1, 0.15) is 41.1 Å². The van der Waals surface area contributed by atoms with E-state index in [1.807, 2.05) is 18.7 Å². The summed E-state index contributed by atoms with van der Waals surface area (Å²) in [5.41, 5.74) is 7.97. The van der Waals surface area contributed by atoms with Gasteiger partial charge in [0, 0.05) is 75.8 Å². The summed E-state index contributed by atoms with van der Waals surface area (Å²) in [6.45, 7) is 10.6. The Balaban J connectivity index is 1.44. The molecule has 1 amide bonds. The van der Waals surface area contributed by atoms with E-state index in [9.17, 15) is 4.79 Å². The lowest BCUT2D eigenvalue weighted by atomic mass is 10.1. The molecule has 154 valence electrons. The smallest absolute Gasteiger partial charge is 0.291 e. The molecule has 4 heterocycles. The third-order valence-corrected chi connectivity index (χ3v) is 6.39. The monoisotopic (exact) mass is 388 g/mol. The molecule has 0 aliphatic carbocycles. The Kier molecular flexibility index (Phi) is 5.80. The van der Waals surface area contributed by atoms with Crippen LogP contribution in [0.5, 0.6) is 0 Å². The van der Waals surface area contributed by atoms with Gasteiger partial charge in [-0.15, -0.1) is 0 Å². The zero-order valence-electron chi connectivity index (χ0n) is 17.1. The van der Waals surface area contributed by atoms with Crippen LogP contribution >= 0.6 is 0 Å². The van der Waals surface area contributed by atoms with E-state index in [4.69, 9.17) is 10.5 Å². The molecule has 3 saturated heterocycles. The first-order chi connectivity index (χ1) is 13.5. The number of hydrogen-bond acceptors (Lipinski definition) is 7. The van der Waals surface area contributed by atoms with Gasteiger partial charge in [0.15, 0.2) is 0 Å². The number of aromatic nitrogens is 2. The Bertz CT molecular complexity index is 713. The summed E-state index contributed by atoms with van der Waals surface area (Å²) in [5.74, 6) is 1.13. The quantitative estimate of drug-likeness (QED) is 0.810. The Morgan fingerprint density at radius 3 is 2.39 bits per heavy atom. The molecule has 0 bridgehead atoms. The van der Waals surface area contributed by atoms with Crippen molar-refractivity contribution in [2.45, 2.75) is 45.2 Å². The predicted molar refractivity (Wildman–Crippen MR) is 108 cm³/mol. The van der Waals surface area contributed by atoms with Gasteiger partial charge in [-0.05, 0) is 33.1 Å². The number of aryl methyl sites for hydroxylation is 1. The normalized spacial score (nSPS) is 24.8. The van der Waals surface area contributed by atoms with E-state index in [1.54, 1.807) is 0 Å². The Morgan fingerprint density at radius 2 is 1.75 bits per heavy atom. The fourth-order valence-electron chi connectivity index (χ4n) is 4.48. The number of rotatable bonds is 3. The second-order valence-electron chi connectivity index (χ2n) is 8.25. The molecule has 0 saturated carbocycles. The molecular weight excluding hydrogens is 356 g/mol. The summed E-state index contributed by atoms with van der Waals surface area (Å²) in [5, 5.41) is 0. The molecule has 1 atom stereocenters. The van der Waals surface area contributed by atoms with E-state index in [-0.39, 0.29) is 11.9 Å². The number of nitrogens with two attached hydrogens (primary N) is 1. The number of carbonyl (C=O) groups is 1. The molecule has 8 nitrogen and oxygen atoms in total. The first-order valence-corrected chi connectivity index (χ1v) is 10.5. The minimum absolute atomic E-state index is 0.0560. The fourth-order valence-corrected chi connectivity index (χ4v) is 4.48. The molecule has 8 heteroatoms. The van der Waals surface area contributed by atoms with Crippen molar-refractivity contribution in [3.05, 3.63) is 17.1 Å². The average molecular weight is 389 g/mol. The van der Waals surface area contributed by atoms with Crippen molar-refractivity contribution in [1.29, 1.82) is 0 Å². The van der Waals surface area contributed by atoms with Gasteiger partial charge in [0.2, 0.25) is 5.82 Å². The van der Waals surface area contributed by atoms with Gasteiger partial charge in [0.05, 0.1) is 0 Å². The maximum absolute atomic E-state index is 13.1. The van der Waals surface area contributed by atoms with Crippen molar-refractivity contribution in [3.63, 3.8) is 0 Å². The zero-order valence-corrected chi connectivity index (χ0v) is 17.1. The largest absolute Gasteiger partial charge is 0.381 e. The van der Waals surface area contributed by atoms with Crippen LogP contribution in [0, 0.1) is 13.8 Å². The number of carbonyl (C=O) groups excluding carboxylic acids is 1. The highest BCUT2D eigenvalue weighted by Gasteiger charge is 2.30. The van der Waals surface area contributed by atoms with Crippen LogP contribution in [0.2, 0.25) is 0 Å². The molecule has 1 aromatic rings. The van der Waals surface area contributed by atoms with Crippen LogP contribution in [0.15, 0.2) is 0 Å². The van der Waals surface area contributed by atoms with Crippen LogP contribution in [0.3, 0.4) is 0 Å². The predicted octanol–water partition coefficient (Wildman–Crippen LogP) is 0.568. The average Bonchev–Trinajstić information content (AvgIpc) is 3.16. The number of hydrogen-bond donors (Lipinski definition) is 1. The fraction of sp³-hybridized carbons (Fsp3) is 0.750. The zero-order chi connectivity index (χ0) is 19.7. The summed E-state index contributed by atoms with van der Waals surface area (Å²) >= 11 is 0. The van der Waals surface area contributed by atoms with Crippen molar-refractivity contribution < 1.29 is 9.53 Å². The molecule has 4 rings (SSSR count). The third kappa shape index (κ3) is 3.99. The topological polar surface area (TPSA) is 87.8 Å². The first-order valence-electron chi connectivity index (χ1n) is 10.5. The molecule has 28 heavy (non-hydrogen) atoms. The Labute approximate surface area is 167 Å². The highest BCUT2D eigenvalue weighted by molar-refractivity contribution is 5.91. The molecule has 2 N–H and O–H groups in total. The van der Waals surface area contributed by atoms with E-state index >= 15 is 0 Å². The lowest BCUT2D eigenvalue weighted by Crippen LogP contribution is -2.53. The number of nitrogens with zero attached hydrogens (tertiary/aromatic N) is 5. The number of anilines is 1. The minimum atomic E-state index is -0.0560. The van der Waals surface area contributed by atoms with Gasteiger partial charge in [-0.1, -0.05) is 0 Å². The van der Waals surface area contributed by atoms with Gasteiger partial charge in [-0.3, -0.25) is 9.69 Å². The van der Waals surface area contributed by atoms with Crippen molar-refractivity contribution >= 4 is 11.7 Å². The molecule has 1 aromatic heterocycles. The lowest BCUT2D eigenvalue weighted by molar-refractivity contribution is 0.0135. The highest BCUT2D eigenvalue weighted by Crippen LogP contribution is 2.24. The number of piperazine rings is 1. The van der Waals surface area contributed by atoms with Crippen LogP contribution in [0.25, 0.3) is 0 Å². The van der Waals surface area contributed by atoms with Crippen molar-refractivity contribution in [3.8, 4) is 0 Å².